The number of benzene rings is 1. The Hall–Kier alpha value is -1.88. The van der Waals surface area contributed by atoms with E-state index in [-0.39, 0.29) is 11.5 Å². The molecule has 0 unspecified atom stereocenters. The maximum Gasteiger partial charge on any atom is 0.337 e. The quantitative estimate of drug-likeness (QED) is 0.910. The molecule has 0 aliphatic rings. The average Bonchev–Trinajstić information content (AvgIpc) is 2.74. The normalized spacial score (nSPS) is 11.7. The van der Waals surface area contributed by atoms with Crippen LogP contribution in [0.25, 0.3) is 11.0 Å². The zero-order valence-electron chi connectivity index (χ0n) is 12.4. The van der Waals surface area contributed by atoms with Gasteiger partial charge >= 0.3 is 5.97 Å². The van der Waals surface area contributed by atoms with Crippen LogP contribution in [0.5, 0.6) is 0 Å². The fourth-order valence-corrected chi connectivity index (χ4v) is 2.31. The second kappa shape index (κ2) is 5.63. The van der Waals surface area contributed by atoms with Gasteiger partial charge in [0.15, 0.2) is 0 Å². The van der Waals surface area contributed by atoms with Crippen LogP contribution in [-0.2, 0) is 6.54 Å². The largest absolute Gasteiger partial charge is 0.478 e. The van der Waals surface area contributed by atoms with E-state index in [1.54, 1.807) is 12.1 Å². The van der Waals surface area contributed by atoms with Gasteiger partial charge in [0.2, 0.25) is 0 Å². The van der Waals surface area contributed by atoms with Crippen LogP contribution in [0.4, 0.5) is 0 Å². The maximum absolute atomic E-state index is 11.3. The molecule has 1 heterocycles. The molecule has 0 bridgehead atoms. The summed E-state index contributed by atoms with van der Waals surface area (Å²) in [6.45, 7) is 5.85. The third kappa shape index (κ3) is 2.67. The lowest BCUT2D eigenvalue weighted by molar-refractivity contribution is 0.0699. The molecule has 5 heteroatoms. The molecule has 2 aromatic rings. The number of carboxylic acid groups (broad SMARTS) is 1. The SMILES string of the molecule is CC(C)c1nc2c(C(=O)O)cccc2n1CCN(C)C. The molecular weight excluding hydrogens is 254 g/mol. The van der Waals surface area contributed by atoms with E-state index in [1.807, 2.05) is 20.2 Å². The lowest BCUT2D eigenvalue weighted by Gasteiger charge is -2.14. The van der Waals surface area contributed by atoms with E-state index in [2.05, 4.69) is 28.3 Å². The van der Waals surface area contributed by atoms with Crippen LogP contribution in [0, 0.1) is 0 Å². The number of aromatic nitrogens is 2. The van der Waals surface area contributed by atoms with Crippen molar-refractivity contribution in [3.8, 4) is 0 Å². The molecule has 20 heavy (non-hydrogen) atoms. The number of hydrogen-bond donors (Lipinski definition) is 1. The highest BCUT2D eigenvalue weighted by atomic mass is 16.4. The van der Waals surface area contributed by atoms with Crippen LogP contribution < -0.4 is 0 Å². The Morgan fingerprint density at radius 3 is 2.65 bits per heavy atom. The van der Waals surface area contributed by atoms with Gasteiger partial charge in [0.1, 0.15) is 11.3 Å². The van der Waals surface area contributed by atoms with Crippen molar-refractivity contribution in [3.05, 3.63) is 29.6 Å². The molecule has 1 aromatic heterocycles. The van der Waals surface area contributed by atoms with E-state index in [0.717, 1.165) is 24.4 Å². The zero-order valence-corrected chi connectivity index (χ0v) is 12.4. The first-order valence-electron chi connectivity index (χ1n) is 6.79. The molecule has 0 atom stereocenters. The summed E-state index contributed by atoms with van der Waals surface area (Å²) in [7, 11) is 4.05. The fourth-order valence-electron chi connectivity index (χ4n) is 2.31. The molecule has 0 saturated carbocycles. The zero-order chi connectivity index (χ0) is 14.9. The first kappa shape index (κ1) is 14.5. The van der Waals surface area contributed by atoms with Crippen molar-refractivity contribution in [3.63, 3.8) is 0 Å². The van der Waals surface area contributed by atoms with Gasteiger partial charge in [-0.1, -0.05) is 19.9 Å². The number of fused-ring (bicyclic) bond motifs is 1. The van der Waals surface area contributed by atoms with E-state index >= 15 is 0 Å². The predicted octanol–water partition coefficient (Wildman–Crippen LogP) is 2.42. The molecule has 0 aliphatic heterocycles. The monoisotopic (exact) mass is 275 g/mol. The molecule has 2 rings (SSSR count). The van der Waals surface area contributed by atoms with Gasteiger partial charge in [-0.3, -0.25) is 0 Å². The second-order valence-corrected chi connectivity index (χ2v) is 5.56. The van der Waals surface area contributed by atoms with Gasteiger partial charge < -0.3 is 14.6 Å². The molecule has 1 aromatic carbocycles. The fraction of sp³-hybridized carbons (Fsp3) is 0.467. The summed E-state index contributed by atoms with van der Waals surface area (Å²) in [6, 6.07) is 5.33. The van der Waals surface area contributed by atoms with E-state index in [4.69, 9.17) is 0 Å². The van der Waals surface area contributed by atoms with Crippen molar-refractivity contribution in [1.29, 1.82) is 0 Å². The minimum Gasteiger partial charge on any atom is -0.478 e. The van der Waals surface area contributed by atoms with E-state index in [1.165, 1.54) is 0 Å². The first-order chi connectivity index (χ1) is 9.41. The summed E-state index contributed by atoms with van der Waals surface area (Å²) in [4.78, 5) is 18.0. The van der Waals surface area contributed by atoms with Crippen molar-refractivity contribution in [2.75, 3.05) is 20.6 Å². The number of carbonyl (C=O) groups is 1. The van der Waals surface area contributed by atoms with Gasteiger partial charge in [-0.25, -0.2) is 9.78 Å². The number of likely N-dealkylation sites (N-methyl/N-ethyl adjacent to an activating group) is 1. The molecule has 0 saturated heterocycles. The molecule has 108 valence electrons. The Labute approximate surface area is 118 Å². The Morgan fingerprint density at radius 2 is 2.10 bits per heavy atom. The highest BCUT2D eigenvalue weighted by molar-refractivity contribution is 6.01. The molecule has 0 amide bonds. The number of hydrogen-bond acceptors (Lipinski definition) is 3. The van der Waals surface area contributed by atoms with Crippen molar-refractivity contribution in [2.45, 2.75) is 26.3 Å². The van der Waals surface area contributed by atoms with Crippen molar-refractivity contribution in [2.24, 2.45) is 0 Å². The first-order valence-corrected chi connectivity index (χ1v) is 6.79. The highest BCUT2D eigenvalue weighted by Gasteiger charge is 2.18. The topological polar surface area (TPSA) is 58.4 Å². The number of carboxylic acids is 1. The summed E-state index contributed by atoms with van der Waals surface area (Å²) in [5.74, 6) is 0.268. The van der Waals surface area contributed by atoms with Crippen LogP contribution in [0.3, 0.4) is 0 Å². The number of rotatable bonds is 5. The molecule has 0 spiro atoms. The van der Waals surface area contributed by atoms with Crippen LogP contribution >= 0.6 is 0 Å². The van der Waals surface area contributed by atoms with Gasteiger partial charge in [0.25, 0.3) is 0 Å². The minimum absolute atomic E-state index is 0.256. The van der Waals surface area contributed by atoms with Crippen LogP contribution in [0.2, 0.25) is 0 Å². The van der Waals surface area contributed by atoms with E-state index in [9.17, 15) is 9.90 Å². The van der Waals surface area contributed by atoms with Crippen LogP contribution in [-0.4, -0.2) is 46.2 Å². The van der Waals surface area contributed by atoms with Gasteiger partial charge in [0, 0.05) is 19.0 Å². The summed E-state index contributed by atoms with van der Waals surface area (Å²) in [5.41, 5.74) is 1.76. The summed E-state index contributed by atoms with van der Waals surface area (Å²) >= 11 is 0. The molecule has 1 N–H and O–H groups in total. The maximum atomic E-state index is 11.3. The standard InChI is InChI=1S/C15H21N3O2/c1-10(2)14-16-13-11(15(19)20)6-5-7-12(13)18(14)9-8-17(3)4/h5-7,10H,8-9H2,1-4H3,(H,19,20). The Balaban J connectivity index is 2.60. The molecule has 0 aliphatic carbocycles. The van der Waals surface area contributed by atoms with Gasteiger partial charge in [-0.05, 0) is 26.2 Å². The molecule has 5 nitrogen and oxygen atoms in total. The summed E-state index contributed by atoms with van der Waals surface area (Å²) < 4.78 is 2.13. The average molecular weight is 275 g/mol. The third-order valence-electron chi connectivity index (χ3n) is 3.33. The molecular formula is C15H21N3O2. The third-order valence-corrected chi connectivity index (χ3v) is 3.33. The molecule has 0 radical (unpaired) electrons. The predicted molar refractivity (Wildman–Crippen MR) is 79.3 cm³/mol. The van der Waals surface area contributed by atoms with E-state index < -0.39 is 5.97 Å². The second-order valence-electron chi connectivity index (χ2n) is 5.56. The van der Waals surface area contributed by atoms with Gasteiger partial charge in [0.05, 0.1) is 11.1 Å². The lowest BCUT2D eigenvalue weighted by Crippen LogP contribution is -2.19. The van der Waals surface area contributed by atoms with Crippen molar-refractivity contribution in [1.82, 2.24) is 14.5 Å². The van der Waals surface area contributed by atoms with Gasteiger partial charge in [-0.15, -0.1) is 0 Å². The highest BCUT2D eigenvalue weighted by Crippen LogP contribution is 2.24. The molecule has 0 fully saturated rings. The Bertz CT molecular complexity index is 629. The Kier molecular flexibility index (Phi) is 4.09. The van der Waals surface area contributed by atoms with Crippen LogP contribution in [0.15, 0.2) is 18.2 Å². The van der Waals surface area contributed by atoms with Crippen LogP contribution in [0.1, 0.15) is 35.9 Å². The number of para-hydroxylation sites is 1. The number of imidazole rings is 1. The summed E-state index contributed by atoms with van der Waals surface area (Å²) in [5, 5.41) is 9.28. The number of aromatic carboxylic acids is 1. The van der Waals surface area contributed by atoms with Crippen molar-refractivity contribution >= 4 is 17.0 Å². The lowest BCUT2D eigenvalue weighted by atomic mass is 10.2. The Morgan fingerprint density at radius 1 is 1.40 bits per heavy atom. The number of nitrogens with zero attached hydrogens (tertiary/aromatic N) is 3. The van der Waals surface area contributed by atoms with Gasteiger partial charge in [-0.2, -0.15) is 0 Å². The summed E-state index contributed by atoms with van der Waals surface area (Å²) in [6.07, 6.45) is 0. The minimum atomic E-state index is -0.928. The van der Waals surface area contributed by atoms with Crippen molar-refractivity contribution < 1.29 is 9.90 Å². The van der Waals surface area contributed by atoms with E-state index in [0.29, 0.717) is 5.52 Å². The smallest absolute Gasteiger partial charge is 0.337 e.